The maximum absolute atomic E-state index is 10.6. The van der Waals surface area contributed by atoms with E-state index < -0.39 is 11.2 Å². The summed E-state index contributed by atoms with van der Waals surface area (Å²) in [5.41, 5.74) is 4.92. The Kier molecular flexibility index (Phi) is 7.65. The predicted molar refractivity (Wildman–Crippen MR) is 177 cm³/mol. The average molecular weight is 564 g/mol. The van der Waals surface area contributed by atoms with Gasteiger partial charge < -0.3 is 9.76 Å². The van der Waals surface area contributed by atoms with Gasteiger partial charge in [-0.2, -0.15) is 0 Å². The first kappa shape index (κ1) is 28.5. The third-order valence-corrected chi connectivity index (χ3v) is 8.19. The molecule has 0 amide bonds. The van der Waals surface area contributed by atoms with E-state index in [9.17, 15) is 5.11 Å². The summed E-state index contributed by atoms with van der Waals surface area (Å²) in [6, 6.07) is 41.6. The second-order valence-electron chi connectivity index (χ2n) is 11.8. The van der Waals surface area contributed by atoms with Crippen molar-refractivity contribution in [3.05, 3.63) is 121 Å². The van der Waals surface area contributed by atoms with Crippen molar-refractivity contribution in [2.24, 2.45) is 0 Å². The van der Waals surface area contributed by atoms with Gasteiger partial charge in [0.1, 0.15) is 5.72 Å². The SMILES string of the molecule is CC(C)(O)C(C)(C)OBc1nc(-c2ccc(-c3ccccc3)cc2)nc(-c2cccc(-c3cccc4ccccc34)c2)n1. The van der Waals surface area contributed by atoms with Crippen molar-refractivity contribution in [2.45, 2.75) is 38.9 Å². The Labute approximate surface area is 253 Å². The number of rotatable bonds is 8. The summed E-state index contributed by atoms with van der Waals surface area (Å²) >= 11 is 0. The molecule has 212 valence electrons. The zero-order chi connectivity index (χ0) is 30.0. The van der Waals surface area contributed by atoms with Gasteiger partial charge in [0.15, 0.2) is 11.6 Å². The summed E-state index contributed by atoms with van der Waals surface area (Å²) in [4.78, 5) is 14.6. The molecule has 0 aliphatic carbocycles. The van der Waals surface area contributed by atoms with Crippen molar-refractivity contribution in [3.8, 4) is 45.0 Å². The Bertz CT molecular complexity index is 1880. The van der Waals surface area contributed by atoms with E-state index in [2.05, 4.69) is 78.9 Å². The van der Waals surface area contributed by atoms with Gasteiger partial charge in [-0.1, -0.05) is 115 Å². The first-order valence-electron chi connectivity index (χ1n) is 14.5. The maximum atomic E-state index is 10.6. The molecular formula is C37H34BN3O2. The fourth-order valence-corrected chi connectivity index (χ4v) is 4.91. The second kappa shape index (κ2) is 11.6. The van der Waals surface area contributed by atoms with Gasteiger partial charge in [0, 0.05) is 11.1 Å². The zero-order valence-corrected chi connectivity index (χ0v) is 25.0. The maximum Gasteiger partial charge on any atom is 0.353 e. The highest BCUT2D eigenvalue weighted by Gasteiger charge is 2.36. The van der Waals surface area contributed by atoms with E-state index in [1.807, 2.05) is 56.3 Å². The lowest BCUT2D eigenvalue weighted by Crippen LogP contribution is -2.49. The van der Waals surface area contributed by atoms with Gasteiger partial charge >= 0.3 is 7.48 Å². The molecule has 0 atom stereocenters. The summed E-state index contributed by atoms with van der Waals surface area (Å²) in [6.45, 7) is 7.21. The van der Waals surface area contributed by atoms with E-state index in [1.165, 1.54) is 10.8 Å². The summed E-state index contributed by atoms with van der Waals surface area (Å²) in [5.74, 6) is 1.14. The van der Waals surface area contributed by atoms with Gasteiger partial charge in [-0.3, -0.25) is 0 Å². The molecule has 0 unspecified atom stereocenters. The molecule has 1 heterocycles. The standard InChI is InChI=1S/C37H34BN3O2/c1-36(2,42)37(3,4)43-38-35-40-33(28-22-20-26(21-23-28)25-12-6-5-7-13-25)39-34(41-35)30-17-10-16-29(24-30)32-19-11-15-27-14-8-9-18-31(27)32/h5-24,38,42H,1-4H3. The van der Waals surface area contributed by atoms with Crippen LogP contribution in [-0.4, -0.2) is 38.7 Å². The van der Waals surface area contributed by atoms with Crippen LogP contribution in [0.5, 0.6) is 0 Å². The van der Waals surface area contributed by atoms with E-state index >= 15 is 0 Å². The van der Waals surface area contributed by atoms with Crippen molar-refractivity contribution in [3.63, 3.8) is 0 Å². The van der Waals surface area contributed by atoms with Crippen LogP contribution < -0.4 is 5.72 Å². The van der Waals surface area contributed by atoms with Crippen molar-refractivity contribution in [1.29, 1.82) is 0 Å². The minimum atomic E-state index is -1.05. The molecule has 43 heavy (non-hydrogen) atoms. The molecule has 1 N–H and O–H groups in total. The van der Waals surface area contributed by atoms with E-state index in [0.29, 0.717) is 17.4 Å². The van der Waals surface area contributed by atoms with Crippen molar-refractivity contribution in [2.75, 3.05) is 0 Å². The summed E-state index contributed by atoms with van der Waals surface area (Å²) in [7, 11) is 0.130. The van der Waals surface area contributed by atoms with Crippen molar-refractivity contribution < 1.29 is 9.76 Å². The van der Waals surface area contributed by atoms with Crippen LogP contribution in [0.1, 0.15) is 27.7 Å². The third kappa shape index (κ3) is 6.12. The van der Waals surface area contributed by atoms with Crippen LogP contribution in [0.4, 0.5) is 0 Å². The topological polar surface area (TPSA) is 68.1 Å². The van der Waals surface area contributed by atoms with Gasteiger partial charge in [0.05, 0.1) is 11.2 Å². The van der Waals surface area contributed by atoms with Crippen LogP contribution in [0, 0.1) is 0 Å². The van der Waals surface area contributed by atoms with Crippen LogP contribution in [0.2, 0.25) is 0 Å². The van der Waals surface area contributed by atoms with Crippen LogP contribution in [0.15, 0.2) is 121 Å². The minimum Gasteiger partial charge on any atom is -0.423 e. The van der Waals surface area contributed by atoms with Gasteiger partial charge in [0.2, 0.25) is 0 Å². The molecule has 0 aliphatic rings. The molecule has 5 nitrogen and oxygen atoms in total. The fourth-order valence-electron chi connectivity index (χ4n) is 4.91. The first-order chi connectivity index (χ1) is 20.7. The molecule has 0 bridgehead atoms. The molecule has 0 radical (unpaired) electrons. The molecule has 0 spiro atoms. The zero-order valence-electron chi connectivity index (χ0n) is 25.0. The molecule has 6 heteroatoms. The lowest BCUT2D eigenvalue weighted by molar-refractivity contribution is -0.0894. The third-order valence-electron chi connectivity index (χ3n) is 8.19. The number of fused-ring (bicyclic) bond motifs is 1. The van der Waals surface area contributed by atoms with Gasteiger partial charge in [-0.15, -0.1) is 0 Å². The monoisotopic (exact) mass is 563 g/mol. The van der Waals surface area contributed by atoms with Crippen LogP contribution in [0.25, 0.3) is 55.8 Å². The van der Waals surface area contributed by atoms with E-state index in [0.717, 1.165) is 33.4 Å². The lowest BCUT2D eigenvalue weighted by atomic mass is 9.86. The highest BCUT2D eigenvalue weighted by molar-refractivity contribution is 6.44. The Morgan fingerprint density at radius 3 is 1.86 bits per heavy atom. The normalized spacial score (nSPS) is 11.9. The highest BCUT2D eigenvalue weighted by Crippen LogP contribution is 2.31. The average Bonchev–Trinajstić information content (AvgIpc) is 3.03. The van der Waals surface area contributed by atoms with Crippen molar-refractivity contribution >= 4 is 24.0 Å². The minimum absolute atomic E-state index is 0.130. The van der Waals surface area contributed by atoms with Crippen LogP contribution in [-0.2, 0) is 4.65 Å². The highest BCUT2D eigenvalue weighted by atomic mass is 16.5. The summed E-state index contributed by atoms with van der Waals surface area (Å²) < 4.78 is 6.18. The van der Waals surface area contributed by atoms with Gasteiger partial charge in [-0.25, -0.2) is 15.0 Å². The fraction of sp³-hybridized carbons (Fsp3) is 0.162. The number of hydrogen-bond donors (Lipinski definition) is 1. The number of aliphatic hydroxyl groups is 1. The predicted octanol–water partition coefficient (Wildman–Crippen LogP) is 7.24. The molecule has 6 aromatic rings. The number of benzene rings is 5. The van der Waals surface area contributed by atoms with E-state index in [-0.39, 0.29) is 7.48 Å². The number of nitrogens with zero attached hydrogens (tertiary/aromatic N) is 3. The first-order valence-corrected chi connectivity index (χ1v) is 14.5. The largest absolute Gasteiger partial charge is 0.423 e. The van der Waals surface area contributed by atoms with Gasteiger partial charge in [0.25, 0.3) is 0 Å². The molecule has 1 aromatic heterocycles. The molecule has 0 aliphatic heterocycles. The Morgan fingerprint density at radius 2 is 1.12 bits per heavy atom. The Balaban J connectivity index is 1.41. The lowest BCUT2D eigenvalue weighted by Gasteiger charge is -2.37. The van der Waals surface area contributed by atoms with E-state index in [4.69, 9.17) is 19.6 Å². The Hall–Kier alpha value is -4.65. The van der Waals surface area contributed by atoms with Crippen LogP contribution in [0.3, 0.4) is 0 Å². The molecule has 6 rings (SSSR count). The molecule has 0 fully saturated rings. The number of aromatic nitrogens is 3. The van der Waals surface area contributed by atoms with E-state index in [1.54, 1.807) is 13.8 Å². The summed E-state index contributed by atoms with van der Waals surface area (Å²) in [6.07, 6.45) is 0. The summed E-state index contributed by atoms with van der Waals surface area (Å²) in [5, 5.41) is 13.0. The molecular weight excluding hydrogens is 529 g/mol. The quantitative estimate of drug-likeness (QED) is 0.198. The van der Waals surface area contributed by atoms with Crippen LogP contribution >= 0.6 is 0 Å². The molecule has 0 saturated carbocycles. The second-order valence-corrected chi connectivity index (χ2v) is 11.8. The van der Waals surface area contributed by atoms with Crippen molar-refractivity contribution in [1.82, 2.24) is 15.0 Å². The van der Waals surface area contributed by atoms with Gasteiger partial charge in [-0.05, 0) is 66.8 Å². The Morgan fingerprint density at radius 1 is 0.558 bits per heavy atom. The number of hydrogen-bond acceptors (Lipinski definition) is 5. The molecule has 0 saturated heterocycles. The molecule has 5 aromatic carbocycles. The smallest absolute Gasteiger partial charge is 0.353 e.